The van der Waals surface area contributed by atoms with Crippen LogP contribution in [0.2, 0.25) is 0 Å². The molecule has 1 aromatic heterocycles. The van der Waals surface area contributed by atoms with Gasteiger partial charge in [0.05, 0.1) is 12.1 Å². The molecule has 12 nitrogen and oxygen atoms in total. The molecular weight excluding hydrogens is 590 g/mol. The Hall–Kier alpha value is -3.93. The number of unbranched alkanes of at least 4 members (excludes halogenated alkanes) is 2. The number of nitrogens with zero attached hydrogens (tertiary/aromatic N) is 2. The first-order valence-electron chi connectivity index (χ1n) is 16.7. The van der Waals surface area contributed by atoms with Crippen LogP contribution in [0.3, 0.4) is 0 Å². The van der Waals surface area contributed by atoms with Crippen LogP contribution in [0, 0.1) is 5.92 Å². The number of amides is 4. The summed E-state index contributed by atoms with van der Waals surface area (Å²) in [6.07, 6.45) is 7.06. The lowest BCUT2D eigenvalue weighted by atomic mass is 9.93. The molecule has 3 aliphatic rings. The Bertz CT molecular complexity index is 1440. The highest BCUT2D eigenvalue weighted by Crippen LogP contribution is 2.25. The number of carbonyl (C=O) groups excluding carboxylic acids is 5. The van der Waals surface area contributed by atoms with Crippen LogP contribution in [-0.2, 0) is 35.1 Å². The molecule has 0 bridgehead atoms. The van der Waals surface area contributed by atoms with E-state index in [4.69, 9.17) is 9.57 Å². The van der Waals surface area contributed by atoms with Gasteiger partial charge in [-0.1, -0.05) is 51.3 Å². The van der Waals surface area contributed by atoms with Gasteiger partial charge in [0.25, 0.3) is 0 Å². The molecule has 5 rings (SSSR count). The highest BCUT2D eigenvalue weighted by atomic mass is 16.6. The number of hydrogen-bond acceptors (Lipinski definition) is 7. The van der Waals surface area contributed by atoms with E-state index in [9.17, 15) is 24.0 Å². The van der Waals surface area contributed by atoms with E-state index < -0.39 is 36.0 Å². The van der Waals surface area contributed by atoms with Crippen LogP contribution < -0.4 is 20.8 Å². The lowest BCUT2D eigenvalue weighted by molar-refractivity contribution is -0.147. The van der Waals surface area contributed by atoms with E-state index in [0.717, 1.165) is 29.3 Å². The molecule has 0 saturated carbocycles. The summed E-state index contributed by atoms with van der Waals surface area (Å²) >= 11 is 0. The molecule has 12 heteroatoms. The van der Waals surface area contributed by atoms with Crippen molar-refractivity contribution in [1.82, 2.24) is 25.6 Å². The van der Waals surface area contributed by atoms with Crippen LogP contribution in [0.1, 0.15) is 77.2 Å². The second kappa shape index (κ2) is 15.1. The zero-order chi connectivity index (χ0) is 32.8. The zero-order valence-corrected chi connectivity index (χ0v) is 27.1. The number of piperidine rings is 1. The Morgan fingerprint density at radius 3 is 2.48 bits per heavy atom. The smallest absolute Gasteiger partial charge is 0.246 e. The molecule has 0 radical (unpaired) electrons. The van der Waals surface area contributed by atoms with Crippen molar-refractivity contribution in [2.45, 2.75) is 108 Å². The number of para-hydroxylation sites is 1. The molecule has 46 heavy (non-hydrogen) atoms. The predicted octanol–water partition coefficient (Wildman–Crippen LogP) is 2.06. The third-order valence-corrected chi connectivity index (χ3v) is 9.62. The molecule has 6 atom stereocenters. The summed E-state index contributed by atoms with van der Waals surface area (Å²) in [5.41, 5.74) is 1.61. The maximum atomic E-state index is 14.1. The molecule has 1 aromatic carbocycles. The molecule has 0 spiro atoms. The Morgan fingerprint density at radius 2 is 1.74 bits per heavy atom. The summed E-state index contributed by atoms with van der Waals surface area (Å²) in [5.74, 6) is -1.64. The molecule has 3 fully saturated rings. The maximum absolute atomic E-state index is 14.1. The van der Waals surface area contributed by atoms with Crippen molar-refractivity contribution in [1.29, 1.82) is 0 Å². The van der Waals surface area contributed by atoms with E-state index in [-0.39, 0.29) is 36.0 Å². The van der Waals surface area contributed by atoms with E-state index >= 15 is 0 Å². The molecule has 3 N–H and O–H groups in total. The number of hydrogen-bond donors (Lipinski definition) is 3. The van der Waals surface area contributed by atoms with Crippen LogP contribution in [0.15, 0.2) is 30.5 Å². The van der Waals surface area contributed by atoms with Crippen molar-refractivity contribution < 1.29 is 33.5 Å². The number of carbonyl (C=O) groups is 5. The van der Waals surface area contributed by atoms with E-state index in [1.165, 1.54) is 0 Å². The highest BCUT2D eigenvalue weighted by molar-refractivity contribution is 5.98. The Labute approximate surface area is 269 Å². The standard InChI is InChI=1S/C34H47N5O7/c1-4-21(2)30-34(44)38-17-11-10-15-27(38)33(43)35-24(13-6-5-7-16-28(40)29-20-46-29)31(41)36-25(32(42)37-30)18-22-19-39(45-3)26-14-9-8-12-23(22)26/h8-9,12,14,19,21,24-25,27,29-30H,4-7,10-11,13,15-18,20H2,1-3H3,(H,35,43)(H,36,41)(H,37,42)/t21-,24-,25-,27+,29?,30-/m0/s1. The zero-order valence-electron chi connectivity index (χ0n) is 27.1. The van der Waals surface area contributed by atoms with Gasteiger partial charge in [-0.2, -0.15) is 4.73 Å². The number of benzene rings is 1. The fraction of sp³-hybridized carbons (Fsp3) is 0.618. The molecule has 250 valence electrons. The average Bonchev–Trinajstić information content (AvgIpc) is 3.87. The van der Waals surface area contributed by atoms with Crippen LogP contribution in [0.5, 0.6) is 0 Å². The van der Waals surface area contributed by atoms with Crippen molar-refractivity contribution in [3.05, 3.63) is 36.0 Å². The lowest BCUT2D eigenvalue weighted by Gasteiger charge is -2.39. The topological polar surface area (TPSA) is 151 Å². The molecule has 4 heterocycles. The van der Waals surface area contributed by atoms with Gasteiger partial charge in [0, 0.05) is 31.0 Å². The van der Waals surface area contributed by atoms with Gasteiger partial charge in [-0.05, 0) is 49.7 Å². The van der Waals surface area contributed by atoms with Crippen LogP contribution in [0.4, 0.5) is 0 Å². The summed E-state index contributed by atoms with van der Waals surface area (Å²) in [7, 11) is 1.56. The number of rotatable bonds is 12. The minimum Gasteiger partial charge on any atom is -0.417 e. The Kier molecular flexibility index (Phi) is 11.0. The van der Waals surface area contributed by atoms with E-state index in [1.54, 1.807) is 22.9 Å². The number of ketones is 1. The molecule has 0 aliphatic carbocycles. The summed E-state index contributed by atoms with van der Waals surface area (Å²) in [4.78, 5) is 74.9. The highest BCUT2D eigenvalue weighted by Gasteiger charge is 2.41. The number of nitrogens with one attached hydrogen (secondary N) is 3. The van der Waals surface area contributed by atoms with Crippen molar-refractivity contribution in [3.63, 3.8) is 0 Å². The van der Waals surface area contributed by atoms with Crippen molar-refractivity contribution in [3.8, 4) is 0 Å². The number of aromatic nitrogens is 1. The maximum Gasteiger partial charge on any atom is 0.246 e. The third-order valence-electron chi connectivity index (χ3n) is 9.62. The number of ether oxygens (including phenoxy) is 1. The van der Waals surface area contributed by atoms with Gasteiger partial charge >= 0.3 is 0 Å². The first-order valence-corrected chi connectivity index (χ1v) is 16.7. The predicted molar refractivity (Wildman–Crippen MR) is 171 cm³/mol. The van der Waals surface area contributed by atoms with Gasteiger partial charge < -0.3 is 30.4 Å². The molecule has 1 unspecified atom stereocenters. The third kappa shape index (κ3) is 7.71. The van der Waals surface area contributed by atoms with E-state index in [2.05, 4.69) is 16.0 Å². The average molecular weight is 638 g/mol. The monoisotopic (exact) mass is 637 g/mol. The largest absolute Gasteiger partial charge is 0.417 e. The lowest BCUT2D eigenvalue weighted by Crippen LogP contribution is -2.64. The quantitative estimate of drug-likeness (QED) is 0.238. The Balaban J connectivity index is 1.42. The second-order valence-electron chi connectivity index (χ2n) is 12.8. The molecular formula is C34H47N5O7. The van der Waals surface area contributed by atoms with Crippen LogP contribution >= 0.6 is 0 Å². The normalized spacial score (nSPS) is 26.2. The van der Waals surface area contributed by atoms with Crippen molar-refractivity contribution >= 4 is 40.3 Å². The van der Waals surface area contributed by atoms with Gasteiger partial charge in [-0.3, -0.25) is 24.0 Å². The fourth-order valence-corrected chi connectivity index (χ4v) is 6.57. The number of fused-ring (bicyclic) bond motifs is 2. The summed E-state index contributed by atoms with van der Waals surface area (Å²) in [5, 5.41) is 9.74. The summed E-state index contributed by atoms with van der Waals surface area (Å²) in [6.45, 7) is 4.77. The van der Waals surface area contributed by atoms with Crippen molar-refractivity contribution in [2.75, 3.05) is 20.3 Å². The van der Waals surface area contributed by atoms with Gasteiger partial charge in [-0.25, -0.2) is 0 Å². The Morgan fingerprint density at radius 1 is 1.00 bits per heavy atom. The second-order valence-corrected chi connectivity index (χ2v) is 12.8. The van der Waals surface area contributed by atoms with E-state index in [1.807, 2.05) is 38.1 Å². The minimum absolute atomic E-state index is 0.0958. The van der Waals surface area contributed by atoms with Crippen molar-refractivity contribution in [2.24, 2.45) is 5.92 Å². The number of Topliss-reactive ketones (excluding diaryl/α,β-unsaturated/α-hetero) is 1. The molecule has 3 saturated heterocycles. The van der Waals surface area contributed by atoms with Crippen LogP contribution in [0.25, 0.3) is 10.9 Å². The number of epoxide rings is 1. The first-order chi connectivity index (χ1) is 22.2. The van der Waals surface area contributed by atoms with Gasteiger partial charge in [-0.15, -0.1) is 0 Å². The van der Waals surface area contributed by atoms with Gasteiger partial charge in [0.1, 0.15) is 37.4 Å². The van der Waals surface area contributed by atoms with Gasteiger partial charge in [0.2, 0.25) is 23.6 Å². The first kappa shape index (κ1) is 33.4. The minimum atomic E-state index is -1.02. The SMILES string of the molecule is CC[C@H](C)[C@@H]1NC(=O)[C@H](Cc2cn(OC)c3ccccc23)NC(=O)[C@H](CCCCCC(=O)C2CO2)NC(=O)[C@H]2CCCCN2C1=O. The summed E-state index contributed by atoms with van der Waals surface area (Å²) in [6, 6.07) is 4.15. The summed E-state index contributed by atoms with van der Waals surface area (Å²) < 4.78 is 6.68. The molecule has 3 aliphatic heterocycles. The van der Waals surface area contributed by atoms with Crippen LogP contribution in [-0.4, -0.2) is 89.6 Å². The molecule has 2 aromatic rings. The van der Waals surface area contributed by atoms with E-state index in [0.29, 0.717) is 58.1 Å². The fourth-order valence-electron chi connectivity index (χ4n) is 6.57. The van der Waals surface area contributed by atoms with Gasteiger partial charge in [0.15, 0.2) is 5.78 Å². The molecule has 4 amide bonds.